The van der Waals surface area contributed by atoms with Crippen molar-refractivity contribution >= 4 is 5.95 Å². The number of hydrogen-bond acceptors (Lipinski definition) is 5. The van der Waals surface area contributed by atoms with Crippen molar-refractivity contribution in [3.05, 3.63) is 18.5 Å². The highest BCUT2D eigenvalue weighted by molar-refractivity contribution is 5.22. The van der Waals surface area contributed by atoms with E-state index >= 15 is 0 Å². The molecule has 14 heavy (non-hydrogen) atoms. The van der Waals surface area contributed by atoms with Crippen LogP contribution in [0.3, 0.4) is 0 Å². The average molecular weight is 195 g/mol. The summed E-state index contributed by atoms with van der Waals surface area (Å²) in [7, 11) is 0. The SMILES string of the molecule is CC1(CNc2ncccn2)OCCO1. The average Bonchev–Trinajstić information content (AvgIpc) is 2.65. The Hall–Kier alpha value is -1.20. The molecule has 1 aliphatic rings. The molecule has 1 aliphatic heterocycles. The van der Waals surface area contributed by atoms with Crippen LogP contribution >= 0.6 is 0 Å². The van der Waals surface area contributed by atoms with Crippen LogP contribution in [0.15, 0.2) is 18.5 Å². The molecule has 2 rings (SSSR count). The van der Waals surface area contributed by atoms with E-state index in [2.05, 4.69) is 15.3 Å². The minimum Gasteiger partial charge on any atom is -0.349 e. The smallest absolute Gasteiger partial charge is 0.222 e. The third-order valence-corrected chi connectivity index (χ3v) is 2.03. The van der Waals surface area contributed by atoms with Crippen molar-refractivity contribution in [3.8, 4) is 0 Å². The third-order valence-electron chi connectivity index (χ3n) is 2.03. The lowest BCUT2D eigenvalue weighted by atomic mass is 10.3. The number of hydrogen-bond donors (Lipinski definition) is 1. The van der Waals surface area contributed by atoms with Crippen LogP contribution in [-0.2, 0) is 9.47 Å². The normalized spacial score (nSPS) is 19.5. The molecule has 1 fully saturated rings. The van der Waals surface area contributed by atoms with Crippen LogP contribution in [0.5, 0.6) is 0 Å². The molecular weight excluding hydrogens is 182 g/mol. The largest absolute Gasteiger partial charge is 0.349 e. The van der Waals surface area contributed by atoms with Crippen LogP contribution in [0.2, 0.25) is 0 Å². The van der Waals surface area contributed by atoms with Gasteiger partial charge in [0.05, 0.1) is 19.8 Å². The second-order valence-electron chi connectivity index (χ2n) is 3.26. The number of aromatic nitrogens is 2. The highest BCUT2D eigenvalue weighted by atomic mass is 16.7. The Bertz CT molecular complexity index is 285. The first kappa shape index (κ1) is 9.36. The van der Waals surface area contributed by atoms with Crippen LogP contribution in [0.25, 0.3) is 0 Å². The first-order valence-electron chi connectivity index (χ1n) is 4.57. The van der Waals surface area contributed by atoms with E-state index in [1.54, 1.807) is 18.5 Å². The Kier molecular flexibility index (Phi) is 2.60. The molecule has 0 unspecified atom stereocenters. The molecular formula is C9H13N3O2. The van der Waals surface area contributed by atoms with Gasteiger partial charge in [-0.3, -0.25) is 0 Å². The van der Waals surface area contributed by atoms with Gasteiger partial charge in [0.25, 0.3) is 0 Å². The van der Waals surface area contributed by atoms with Crippen LogP contribution in [0, 0.1) is 0 Å². The molecule has 1 aromatic rings. The topological polar surface area (TPSA) is 56.3 Å². The van der Waals surface area contributed by atoms with Crippen molar-refractivity contribution in [1.29, 1.82) is 0 Å². The minimum atomic E-state index is -0.542. The van der Waals surface area contributed by atoms with Gasteiger partial charge in [-0.15, -0.1) is 0 Å². The van der Waals surface area contributed by atoms with Crippen LogP contribution < -0.4 is 5.32 Å². The predicted octanol–water partition coefficient (Wildman–Crippen LogP) is 0.651. The van der Waals surface area contributed by atoms with E-state index < -0.39 is 5.79 Å². The lowest BCUT2D eigenvalue weighted by Crippen LogP contribution is -2.34. The van der Waals surface area contributed by atoms with Gasteiger partial charge < -0.3 is 14.8 Å². The molecule has 1 saturated heterocycles. The zero-order valence-corrected chi connectivity index (χ0v) is 8.06. The van der Waals surface area contributed by atoms with Gasteiger partial charge in [0.1, 0.15) is 0 Å². The number of ether oxygens (including phenoxy) is 2. The monoisotopic (exact) mass is 195 g/mol. The lowest BCUT2D eigenvalue weighted by Gasteiger charge is -2.22. The maximum Gasteiger partial charge on any atom is 0.222 e. The van der Waals surface area contributed by atoms with E-state index in [-0.39, 0.29) is 0 Å². The van der Waals surface area contributed by atoms with Gasteiger partial charge in [0.2, 0.25) is 5.95 Å². The standard InChI is InChI=1S/C9H13N3O2/c1-9(13-5-6-14-9)7-12-8-10-3-2-4-11-8/h2-4H,5-7H2,1H3,(H,10,11,12). The van der Waals surface area contributed by atoms with Gasteiger partial charge in [-0.2, -0.15) is 0 Å². The maximum atomic E-state index is 5.42. The van der Waals surface area contributed by atoms with Gasteiger partial charge in [-0.1, -0.05) is 0 Å². The Balaban J connectivity index is 1.88. The van der Waals surface area contributed by atoms with Gasteiger partial charge >= 0.3 is 0 Å². The number of nitrogens with one attached hydrogen (secondary N) is 1. The molecule has 0 aromatic carbocycles. The molecule has 0 atom stereocenters. The predicted molar refractivity (Wildman–Crippen MR) is 50.8 cm³/mol. The quantitative estimate of drug-likeness (QED) is 0.767. The van der Waals surface area contributed by atoms with Gasteiger partial charge in [-0.25, -0.2) is 9.97 Å². The van der Waals surface area contributed by atoms with E-state index in [0.29, 0.717) is 25.7 Å². The van der Waals surface area contributed by atoms with E-state index in [4.69, 9.17) is 9.47 Å². The summed E-state index contributed by atoms with van der Waals surface area (Å²) in [6, 6.07) is 1.77. The fourth-order valence-electron chi connectivity index (χ4n) is 1.29. The molecule has 5 nitrogen and oxygen atoms in total. The van der Waals surface area contributed by atoms with E-state index in [1.165, 1.54) is 0 Å². The lowest BCUT2D eigenvalue weighted by molar-refractivity contribution is -0.129. The summed E-state index contributed by atoms with van der Waals surface area (Å²) in [5.74, 6) is 0.0481. The highest BCUT2D eigenvalue weighted by Crippen LogP contribution is 2.18. The van der Waals surface area contributed by atoms with Crippen LogP contribution in [0.1, 0.15) is 6.92 Å². The molecule has 0 bridgehead atoms. The first-order chi connectivity index (χ1) is 6.79. The summed E-state index contributed by atoms with van der Waals surface area (Å²) in [6.07, 6.45) is 3.38. The Morgan fingerprint density at radius 2 is 2.00 bits per heavy atom. The molecule has 0 spiro atoms. The van der Waals surface area contributed by atoms with Crippen molar-refractivity contribution in [2.45, 2.75) is 12.7 Å². The molecule has 2 heterocycles. The maximum absolute atomic E-state index is 5.42. The van der Waals surface area contributed by atoms with Crippen molar-refractivity contribution in [1.82, 2.24) is 9.97 Å². The van der Waals surface area contributed by atoms with Gasteiger partial charge in [-0.05, 0) is 13.0 Å². The number of rotatable bonds is 3. The Morgan fingerprint density at radius 1 is 1.36 bits per heavy atom. The molecule has 5 heteroatoms. The van der Waals surface area contributed by atoms with Crippen molar-refractivity contribution in [2.24, 2.45) is 0 Å². The summed E-state index contributed by atoms with van der Waals surface area (Å²) in [6.45, 7) is 3.74. The summed E-state index contributed by atoms with van der Waals surface area (Å²) in [5.41, 5.74) is 0. The third kappa shape index (κ3) is 2.18. The van der Waals surface area contributed by atoms with Crippen molar-refractivity contribution in [3.63, 3.8) is 0 Å². The van der Waals surface area contributed by atoms with Gasteiger partial charge in [0.15, 0.2) is 5.79 Å². The molecule has 0 saturated carbocycles. The van der Waals surface area contributed by atoms with Crippen molar-refractivity contribution in [2.75, 3.05) is 25.1 Å². The minimum absolute atomic E-state index is 0.542. The highest BCUT2D eigenvalue weighted by Gasteiger charge is 2.30. The fraction of sp³-hybridized carbons (Fsp3) is 0.556. The van der Waals surface area contributed by atoms with E-state index in [9.17, 15) is 0 Å². The summed E-state index contributed by atoms with van der Waals surface area (Å²) in [5, 5.41) is 3.05. The molecule has 1 N–H and O–H groups in total. The second-order valence-corrected chi connectivity index (χ2v) is 3.26. The number of anilines is 1. The van der Waals surface area contributed by atoms with Crippen molar-refractivity contribution < 1.29 is 9.47 Å². The molecule has 0 aliphatic carbocycles. The van der Waals surface area contributed by atoms with Gasteiger partial charge in [0, 0.05) is 12.4 Å². The Labute approximate surface area is 82.5 Å². The zero-order chi connectivity index (χ0) is 9.86. The Morgan fingerprint density at radius 3 is 2.64 bits per heavy atom. The fourth-order valence-corrected chi connectivity index (χ4v) is 1.29. The zero-order valence-electron chi connectivity index (χ0n) is 8.06. The summed E-state index contributed by atoms with van der Waals surface area (Å²) < 4.78 is 10.8. The van der Waals surface area contributed by atoms with Crippen LogP contribution in [-0.4, -0.2) is 35.5 Å². The molecule has 1 aromatic heterocycles. The first-order valence-corrected chi connectivity index (χ1v) is 4.57. The molecule has 76 valence electrons. The summed E-state index contributed by atoms with van der Waals surface area (Å²) in [4.78, 5) is 8.07. The van der Waals surface area contributed by atoms with E-state index in [0.717, 1.165) is 0 Å². The summed E-state index contributed by atoms with van der Waals surface area (Å²) >= 11 is 0. The van der Waals surface area contributed by atoms with Crippen LogP contribution in [0.4, 0.5) is 5.95 Å². The second kappa shape index (κ2) is 3.89. The molecule has 0 radical (unpaired) electrons. The molecule has 0 amide bonds. The van der Waals surface area contributed by atoms with E-state index in [1.807, 2.05) is 6.92 Å². The number of nitrogens with zero attached hydrogens (tertiary/aromatic N) is 2.